The maximum absolute atomic E-state index is 9.43. The number of phenolic OH excluding ortho intramolecular Hbond substituents is 2. The van der Waals surface area contributed by atoms with Crippen molar-refractivity contribution >= 4 is 0 Å². The smallest absolute Gasteiger partial charge is 0.124 e. The van der Waals surface area contributed by atoms with Crippen LogP contribution in [0.3, 0.4) is 0 Å². The molecule has 0 saturated heterocycles. The molecule has 0 spiro atoms. The fourth-order valence-electron chi connectivity index (χ4n) is 1.22. The molecule has 0 amide bonds. The first-order valence-electron chi connectivity index (χ1n) is 4.20. The van der Waals surface area contributed by atoms with Crippen LogP contribution in [0.15, 0.2) is 12.1 Å². The number of rotatable bonds is 4. The second-order valence-electron chi connectivity index (χ2n) is 2.98. The lowest BCUT2D eigenvalue weighted by Crippen LogP contribution is -1.94. The fraction of sp³-hybridized carbons (Fsp3) is 0.400. The summed E-state index contributed by atoms with van der Waals surface area (Å²) < 4.78 is 9.80. The molecule has 1 rings (SSSR count). The summed E-state index contributed by atoms with van der Waals surface area (Å²) in [5, 5.41) is 18.9. The zero-order chi connectivity index (χ0) is 10.6. The summed E-state index contributed by atoms with van der Waals surface area (Å²) in [4.78, 5) is 0. The third-order valence-electron chi connectivity index (χ3n) is 1.88. The van der Waals surface area contributed by atoms with Crippen LogP contribution in [0.2, 0.25) is 0 Å². The zero-order valence-electron chi connectivity index (χ0n) is 8.28. The van der Waals surface area contributed by atoms with Crippen LogP contribution in [0.1, 0.15) is 11.1 Å². The van der Waals surface area contributed by atoms with Crippen LogP contribution < -0.4 is 0 Å². The second-order valence-corrected chi connectivity index (χ2v) is 2.98. The van der Waals surface area contributed by atoms with Crippen LogP contribution in [0.4, 0.5) is 0 Å². The monoisotopic (exact) mass is 198 g/mol. The molecule has 0 aliphatic carbocycles. The minimum Gasteiger partial charge on any atom is -0.507 e. The molecular weight excluding hydrogens is 184 g/mol. The molecule has 0 saturated carbocycles. The molecule has 4 heteroatoms. The van der Waals surface area contributed by atoms with E-state index in [0.717, 1.165) is 0 Å². The van der Waals surface area contributed by atoms with Gasteiger partial charge in [-0.05, 0) is 6.07 Å². The molecule has 0 bridgehead atoms. The van der Waals surface area contributed by atoms with Crippen LogP contribution in [-0.2, 0) is 22.7 Å². The number of hydrogen-bond donors (Lipinski definition) is 2. The van der Waals surface area contributed by atoms with Crippen molar-refractivity contribution in [3.63, 3.8) is 0 Å². The maximum atomic E-state index is 9.43. The van der Waals surface area contributed by atoms with E-state index in [9.17, 15) is 10.2 Å². The van der Waals surface area contributed by atoms with E-state index in [0.29, 0.717) is 24.3 Å². The van der Waals surface area contributed by atoms with E-state index in [1.165, 1.54) is 6.07 Å². The van der Waals surface area contributed by atoms with Crippen LogP contribution in [0.5, 0.6) is 11.5 Å². The predicted molar refractivity (Wildman–Crippen MR) is 51.2 cm³/mol. The summed E-state index contributed by atoms with van der Waals surface area (Å²) in [7, 11) is 3.09. The van der Waals surface area contributed by atoms with Crippen molar-refractivity contribution in [2.45, 2.75) is 13.2 Å². The van der Waals surface area contributed by atoms with E-state index in [2.05, 4.69) is 0 Å². The summed E-state index contributed by atoms with van der Waals surface area (Å²) in [6.07, 6.45) is 0. The van der Waals surface area contributed by atoms with Gasteiger partial charge in [-0.25, -0.2) is 0 Å². The molecule has 0 aliphatic rings. The first-order valence-corrected chi connectivity index (χ1v) is 4.20. The van der Waals surface area contributed by atoms with E-state index in [-0.39, 0.29) is 11.5 Å². The van der Waals surface area contributed by atoms with E-state index >= 15 is 0 Å². The van der Waals surface area contributed by atoms with Crippen molar-refractivity contribution < 1.29 is 19.7 Å². The maximum Gasteiger partial charge on any atom is 0.124 e. The van der Waals surface area contributed by atoms with Gasteiger partial charge in [0.1, 0.15) is 11.5 Å². The molecule has 0 fully saturated rings. The Bertz CT molecular complexity index is 282. The Morgan fingerprint density at radius 3 is 1.71 bits per heavy atom. The van der Waals surface area contributed by atoms with Crippen molar-refractivity contribution in [1.82, 2.24) is 0 Å². The molecule has 2 N–H and O–H groups in total. The van der Waals surface area contributed by atoms with E-state index in [1.807, 2.05) is 0 Å². The Morgan fingerprint density at radius 2 is 1.36 bits per heavy atom. The number of benzene rings is 1. The first kappa shape index (κ1) is 10.8. The molecule has 4 nitrogen and oxygen atoms in total. The van der Waals surface area contributed by atoms with Crippen molar-refractivity contribution in [2.24, 2.45) is 0 Å². The highest BCUT2D eigenvalue weighted by atomic mass is 16.5. The van der Waals surface area contributed by atoms with Gasteiger partial charge >= 0.3 is 0 Å². The van der Waals surface area contributed by atoms with Crippen LogP contribution in [0, 0.1) is 0 Å². The molecule has 78 valence electrons. The summed E-state index contributed by atoms with van der Waals surface area (Å²) in [5.74, 6) is 0.0633. The normalized spacial score (nSPS) is 10.4. The Balaban J connectivity index is 3.00. The summed E-state index contributed by atoms with van der Waals surface area (Å²) in [5.41, 5.74) is 1.27. The van der Waals surface area contributed by atoms with Crippen molar-refractivity contribution in [3.8, 4) is 11.5 Å². The van der Waals surface area contributed by atoms with Gasteiger partial charge in [-0.2, -0.15) is 0 Å². The topological polar surface area (TPSA) is 58.9 Å². The van der Waals surface area contributed by atoms with Gasteiger partial charge in [0, 0.05) is 31.4 Å². The summed E-state index contributed by atoms with van der Waals surface area (Å²) in [6, 6.07) is 2.96. The average molecular weight is 198 g/mol. The number of hydrogen-bond acceptors (Lipinski definition) is 4. The molecule has 1 aromatic carbocycles. The number of phenols is 2. The summed E-state index contributed by atoms with van der Waals surface area (Å²) in [6.45, 7) is 0.617. The molecular formula is C10H14O4. The highest BCUT2D eigenvalue weighted by Crippen LogP contribution is 2.28. The average Bonchev–Trinajstić information content (AvgIpc) is 2.14. The van der Waals surface area contributed by atoms with E-state index in [4.69, 9.17) is 9.47 Å². The minimum atomic E-state index is 0.0317. The van der Waals surface area contributed by atoms with Crippen molar-refractivity contribution in [3.05, 3.63) is 23.3 Å². The van der Waals surface area contributed by atoms with E-state index < -0.39 is 0 Å². The molecule has 0 atom stereocenters. The largest absolute Gasteiger partial charge is 0.507 e. The third-order valence-corrected chi connectivity index (χ3v) is 1.88. The van der Waals surface area contributed by atoms with Crippen LogP contribution in [-0.4, -0.2) is 24.4 Å². The molecule has 0 radical (unpaired) electrons. The van der Waals surface area contributed by atoms with Gasteiger partial charge in [-0.1, -0.05) is 0 Å². The molecule has 14 heavy (non-hydrogen) atoms. The fourth-order valence-corrected chi connectivity index (χ4v) is 1.22. The first-order chi connectivity index (χ1) is 6.69. The highest BCUT2D eigenvalue weighted by molar-refractivity contribution is 5.44. The van der Waals surface area contributed by atoms with Gasteiger partial charge in [0.2, 0.25) is 0 Å². The second kappa shape index (κ2) is 4.83. The van der Waals surface area contributed by atoms with Crippen LogP contribution in [0.25, 0.3) is 0 Å². The van der Waals surface area contributed by atoms with Crippen molar-refractivity contribution in [2.75, 3.05) is 14.2 Å². The van der Waals surface area contributed by atoms with Gasteiger partial charge in [0.25, 0.3) is 0 Å². The standard InChI is InChI=1S/C10H14O4/c1-13-5-7-3-8(6-14-2)10(12)4-9(7)11/h3-4,11-12H,5-6H2,1-2H3. The van der Waals surface area contributed by atoms with Crippen molar-refractivity contribution in [1.29, 1.82) is 0 Å². The van der Waals surface area contributed by atoms with Gasteiger partial charge in [0.15, 0.2) is 0 Å². The van der Waals surface area contributed by atoms with Gasteiger partial charge in [-0.3, -0.25) is 0 Å². The van der Waals surface area contributed by atoms with Crippen LogP contribution >= 0.6 is 0 Å². The third kappa shape index (κ3) is 2.37. The lowest BCUT2D eigenvalue weighted by atomic mass is 10.1. The lowest BCUT2D eigenvalue weighted by Gasteiger charge is -2.08. The Labute approximate surface area is 82.7 Å². The summed E-state index contributed by atoms with van der Waals surface area (Å²) >= 11 is 0. The van der Waals surface area contributed by atoms with E-state index in [1.54, 1.807) is 20.3 Å². The SMILES string of the molecule is COCc1cc(COC)c(O)cc1O. The quantitative estimate of drug-likeness (QED) is 0.767. The van der Waals surface area contributed by atoms with Gasteiger partial charge in [0.05, 0.1) is 13.2 Å². The minimum absolute atomic E-state index is 0.0317. The van der Waals surface area contributed by atoms with Gasteiger partial charge < -0.3 is 19.7 Å². The lowest BCUT2D eigenvalue weighted by molar-refractivity contribution is 0.176. The predicted octanol–water partition coefficient (Wildman–Crippen LogP) is 1.39. The number of methoxy groups -OCH3 is 2. The molecule has 0 heterocycles. The molecule has 1 aromatic rings. The molecule has 0 aliphatic heterocycles. The Hall–Kier alpha value is -1.26. The highest BCUT2D eigenvalue weighted by Gasteiger charge is 2.07. The molecule has 0 unspecified atom stereocenters. The Morgan fingerprint density at radius 1 is 0.929 bits per heavy atom. The van der Waals surface area contributed by atoms with Gasteiger partial charge in [-0.15, -0.1) is 0 Å². The number of ether oxygens (including phenoxy) is 2. The zero-order valence-corrected chi connectivity index (χ0v) is 8.28. The number of aromatic hydroxyl groups is 2. The molecule has 0 aromatic heterocycles. The Kier molecular flexibility index (Phi) is 3.73.